The molecule has 0 saturated carbocycles. The number of hydrogen-bond donors (Lipinski definition) is 0. The Labute approximate surface area is 86.2 Å². The summed E-state index contributed by atoms with van der Waals surface area (Å²) in [5, 5.41) is 0. The third-order valence-electron chi connectivity index (χ3n) is 2.02. The predicted molar refractivity (Wildman–Crippen MR) is 55.8 cm³/mol. The van der Waals surface area contributed by atoms with Gasteiger partial charge in [0.25, 0.3) is 0 Å². The molecule has 0 aliphatic rings. The van der Waals surface area contributed by atoms with Crippen molar-refractivity contribution in [1.82, 2.24) is 0 Å². The first-order chi connectivity index (χ1) is 6.81. The van der Waals surface area contributed by atoms with E-state index in [0.717, 1.165) is 11.3 Å². The molecule has 2 heterocycles. The Kier molecular flexibility index (Phi) is 2.50. The van der Waals surface area contributed by atoms with Gasteiger partial charge in [0.2, 0.25) is 5.78 Å². The average molecular weight is 206 g/mol. The molecular weight excluding hydrogens is 196 g/mol. The van der Waals surface area contributed by atoms with Crippen LogP contribution in [0.15, 0.2) is 35.1 Å². The third kappa shape index (κ3) is 1.63. The molecule has 0 atom stereocenters. The van der Waals surface area contributed by atoms with Crippen LogP contribution in [0, 0.1) is 0 Å². The summed E-state index contributed by atoms with van der Waals surface area (Å²) in [4.78, 5) is 13.8. The SMILES string of the molecule is CCc1ccc(C(=O)c2ccoc2)s1. The summed E-state index contributed by atoms with van der Waals surface area (Å²) >= 11 is 1.55. The topological polar surface area (TPSA) is 30.2 Å². The molecule has 2 aromatic rings. The van der Waals surface area contributed by atoms with Gasteiger partial charge in [-0.2, -0.15) is 0 Å². The number of hydrogen-bond acceptors (Lipinski definition) is 3. The summed E-state index contributed by atoms with van der Waals surface area (Å²) in [6, 6.07) is 5.56. The average Bonchev–Trinajstić information content (AvgIpc) is 2.88. The second-order valence-corrected chi connectivity index (χ2v) is 4.13. The minimum Gasteiger partial charge on any atom is -0.472 e. The number of ketones is 1. The molecule has 72 valence electrons. The van der Waals surface area contributed by atoms with Crippen LogP contribution in [-0.4, -0.2) is 5.78 Å². The quantitative estimate of drug-likeness (QED) is 0.722. The lowest BCUT2D eigenvalue weighted by Crippen LogP contribution is -1.95. The fourth-order valence-electron chi connectivity index (χ4n) is 1.23. The van der Waals surface area contributed by atoms with E-state index < -0.39 is 0 Å². The Hall–Kier alpha value is -1.35. The van der Waals surface area contributed by atoms with E-state index in [2.05, 4.69) is 6.92 Å². The predicted octanol–water partition coefficient (Wildman–Crippen LogP) is 3.13. The summed E-state index contributed by atoms with van der Waals surface area (Å²) in [5.41, 5.74) is 0.620. The summed E-state index contributed by atoms with van der Waals surface area (Å²) in [7, 11) is 0. The van der Waals surface area contributed by atoms with Gasteiger partial charge >= 0.3 is 0 Å². The van der Waals surface area contributed by atoms with Crippen LogP contribution in [0.25, 0.3) is 0 Å². The van der Waals surface area contributed by atoms with Crippen molar-refractivity contribution in [2.24, 2.45) is 0 Å². The molecule has 0 amide bonds. The first-order valence-corrected chi connectivity index (χ1v) is 5.28. The van der Waals surface area contributed by atoms with Crippen molar-refractivity contribution in [1.29, 1.82) is 0 Å². The van der Waals surface area contributed by atoms with Crippen LogP contribution in [0.1, 0.15) is 27.0 Å². The molecule has 0 aromatic carbocycles. The Balaban J connectivity index is 2.28. The van der Waals surface area contributed by atoms with Crippen LogP contribution in [0.2, 0.25) is 0 Å². The molecule has 0 N–H and O–H groups in total. The summed E-state index contributed by atoms with van der Waals surface area (Å²) < 4.78 is 4.87. The van der Waals surface area contributed by atoms with E-state index in [-0.39, 0.29) is 5.78 Å². The van der Waals surface area contributed by atoms with E-state index in [0.29, 0.717) is 5.56 Å². The number of carbonyl (C=O) groups excluding carboxylic acids is 1. The first kappa shape index (κ1) is 9.21. The third-order valence-corrected chi connectivity index (χ3v) is 3.25. The summed E-state index contributed by atoms with van der Waals surface area (Å²) in [5.74, 6) is 0.0449. The normalized spacial score (nSPS) is 10.4. The van der Waals surface area contributed by atoms with Crippen molar-refractivity contribution in [3.63, 3.8) is 0 Å². The Morgan fingerprint density at radius 3 is 2.86 bits per heavy atom. The highest BCUT2D eigenvalue weighted by molar-refractivity contribution is 7.14. The zero-order chi connectivity index (χ0) is 9.97. The van der Waals surface area contributed by atoms with Gasteiger partial charge in [-0.25, -0.2) is 0 Å². The van der Waals surface area contributed by atoms with Crippen molar-refractivity contribution in [2.45, 2.75) is 13.3 Å². The van der Waals surface area contributed by atoms with Gasteiger partial charge in [-0.3, -0.25) is 4.79 Å². The Morgan fingerprint density at radius 1 is 1.43 bits per heavy atom. The zero-order valence-electron chi connectivity index (χ0n) is 7.82. The van der Waals surface area contributed by atoms with Crippen molar-refractivity contribution in [3.05, 3.63) is 46.0 Å². The van der Waals surface area contributed by atoms with Gasteiger partial charge in [0.1, 0.15) is 6.26 Å². The molecule has 0 aliphatic carbocycles. The molecule has 0 fully saturated rings. The maximum atomic E-state index is 11.8. The zero-order valence-corrected chi connectivity index (χ0v) is 8.64. The second kappa shape index (κ2) is 3.80. The molecule has 0 bridgehead atoms. The minimum atomic E-state index is 0.0449. The lowest BCUT2D eigenvalue weighted by atomic mass is 10.2. The highest BCUT2D eigenvalue weighted by Crippen LogP contribution is 2.20. The fraction of sp³-hybridized carbons (Fsp3) is 0.182. The molecule has 0 unspecified atom stereocenters. The molecule has 2 aromatic heterocycles. The van der Waals surface area contributed by atoms with Crippen LogP contribution in [0.5, 0.6) is 0 Å². The molecule has 2 nitrogen and oxygen atoms in total. The molecule has 3 heteroatoms. The monoisotopic (exact) mass is 206 g/mol. The van der Waals surface area contributed by atoms with Crippen LogP contribution in [0.3, 0.4) is 0 Å². The maximum absolute atomic E-state index is 11.8. The fourth-order valence-corrected chi connectivity index (χ4v) is 2.14. The Morgan fingerprint density at radius 2 is 2.29 bits per heavy atom. The van der Waals surface area contributed by atoms with Crippen LogP contribution in [0.4, 0.5) is 0 Å². The van der Waals surface area contributed by atoms with Gasteiger partial charge in [-0.1, -0.05) is 6.92 Å². The number of thiophene rings is 1. The highest BCUT2D eigenvalue weighted by atomic mass is 32.1. The number of rotatable bonds is 3. The molecule has 0 spiro atoms. The van der Waals surface area contributed by atoms with E-state index >= 15 is 0 Å². The van der Waals surface area contributed by atoms with E-state index in [4.69, 9.17) is 4.42 Å². The molecular formula is C11H10O2S. The van der Waals surface area contributed by atoms with Gasteiger partial charge in [-0.15, -0.1) is 11.3 Å². The molecule has 0 radical (unpaired) electrons. The van der Waals surface area contributed by atoms with Gasteiger partial charge in [0.15, 0.2) is 0 Å². The van der Waals surface area contributed by atoms with Crippen molar-refractivity contribution in [3.8, 4) is 0 Å². The van der Waals surface area contributed by atoms with E-state index in [1.807, 2.05) is 12.1 Å². The molecule has 2 rings (SSSR count). The van der Waals surface area contributed by atoms with Gasteiger partial charge in [-0.05, 0) is 24.6 Å². The number of aryl methyl sites for hydroxylation is 1. The maximum Gasteiger partial charge on any atom is 0.206 e. The van der Waals surface area contributed by atoms with E-state index in [1.165, 1.54) is 17.4 Å². The van der Waals surface area contributed by atoms with Crippen LogP contribution < -0.4 is 0 Å². The van der Waals surface area contributed by atoms with Crippen LogP contribution >= 0.6 is 11.3 Å². The van der Waals surface area contributed by atoms with Gasteiger partial charge in [0.05, 0.1) is 16.7 Å². The van der Waals surface area contributed by atoms with Crippen LogP contribution in [-0.2, 0) is 6.42 Å². The van der Waals surface area contributed by atoms with Gasteiger partial charge in [0, 0.05) is 4.88 Å². The smallest absolute Gasteiger partial charge is 0.206 e. The van der Waals surface area contributed by atoms with E-state index in [1.54, 1.807) is 17.4 Å². The lowest BCUT2D eigenvalue weighted by molar-refractivity contribution is 0.104. The molecule has 0 aliphatic heterocycles. The largest absolute Gasteiger partial charge is 0.472 e. The minimum absolute atomic E-state index is 0.0449. The Bertz CT molecular complexity index is 426. The van der Waals surface area contributed by atoms with Gasteiger partial charge < -0.3 is 4.42 Å². The summed E-state index contributed by atoms with van der Waals surface area (Å²) in [6.07, 6.45) is 3.97. The van der Waals surface area contributed by atoms with Crippen molar-refractivity contribution in [2.75, 3.05) is 0 Å². The lowest BCUT2D eigenvalue weighted by Gasteiger charge is -1.90. The molecule has 14 heavy (non-hydrogen) atoms. The number of furan rings is 1. The van der Waals surface area contributed by atoms with Crippen molar-refractivity contribution >= 4 is 17.1 Å². The number of carbonyl (C=O) groups is 1. The van der Waals surface area contributed by atoms with Crippen molar-refractivity contribution < 1.29 is 9.21 Å². The highest BCUT2D eigenvalue weighted by Gasteiger charge is 2.12. The first-order valence-electron chi connectivity index (χ1n) is 4.47. The van der Waals surface area contributed by atoms with E-state index in [9.17, 15) is 4.79 Å². The summed E-state index contributed by atoms with van der Waals surface area (Å²) in [6.45, 7) is 2.08. The second-order valence-electron chi connectivity index (χ2n) is 2.96. The molecule has 0 saturated heterocycles. The standard InChI is InChI=1S/C11H10O2S/c1-2-9-3-4-10(14-9)11(12)8-5-6-13-7-8/h3-7H,2H2,1H3.